The lowest BCUT2D eigenvalue weighted by Crippen LogP contribution is -2.37. The number of aryl methyl sites for hydroxylation is 1. The third-order valence-electron chi connectivity index (χ3n) is 2.78. The molecule has 0 aliphatic carbocycles. The summed E-state index contributed by atoms with van der Waals surface area (Å²) in [6, 6.07) is 12.0. The van der Waals surface area contributed by atoms with Crippen LogP contribution in [0, 0.1) is 6.92 Å². The smallest absolute Gasteiger partial charge is 0.313 e. The summed E-state index contributed by atoms with van der Waals surface area (Å²) in [6.07, 6.45) is -0.993. The van der Waals surface area contributed by atoms with Crippen LogP contribution in [-0.4, -0.2) is 23.5 Å². The first-order valence-electron chi connectivity index (χ1n) is 6.45. The van der Waals surface area contributed by atoms with Crippen LogP contribution in [0.15, 0.2) is 46.9 Å². The molecule has 1 aromatic carbocycles. The summed E-state index contributed by atoms with van der Waals surface area (Å²) in [6.45, 7) is 1.65. The molecular formula is C15H16N2O4. The van der Waals surface area contributed by atoms with Gasteiger partial charge in [0, 0.05) is 5.69 Å². The summed E-state index contributed by atoms with van der Waals surface area (Å²) in [5.41, 5.74) is 0.528. The molecule has 6 heteroatoms. The van der Waals surface area contributed by atoms with Crippen molar-refractivity contribution in [2.75, 3.05) is 11.9 Å². The van der Waals surface area contributed by atoms with Crippen LogP contribution < -0.4 is 10.6 Å². The zero-order valence-electron chi connectivity index (χ0n) is 11.5. The highest BCUT2D eigenvalue weighted by atomic mass is 16.4. The predicted octanol–water partition coefficient (Wildman–Crippen LogP) is 1.38. The van der Waals surface area contributed by atoms with Gasteiger partial charge in [-0.25, -0.2) is 0 Å². The highest BCUT2D eigenvalue weighted by molar-refractivity contribution is 6.39. The largest absolute Gasteiger partial charge is 0.464 e. The molecule has 0 bridgehead atoms. The van der Waals surface area contributed by atoms with Crippen molar-refractivity contribution in [1.82, 2.24) is 5.32 Å². The number of carbonyl (C=O) groups excluding carboxylic acids is 2. The van der Waals surface area contributed by atoms with Crippen molar-refractivity contribution in [2.45, 2.75) is 13.0 Å². The van der Waals surface area contributed by atoms with E-state index < -0.39 is 17.9 Å². The molecule has 0 spiro atoms. The van der Waals surface area contributed by atoms with Crippen molar-refractivity contribution in [3.05, 3.63) is 54.0 Å². The van der Waals surface area contributed by atoms with Crippen molar-refractivity contribution >= 4 is 17.5 Å². The van der Waals surface area contributed by atoms with E-state index >= 15 is 0 Å². The Hall–Kier alpha value is -2.60. The highest BCUT2D eigenvalue weighted by Crippen LogP contribution is 2.15. The third kappa shape index (κ3) is 4.19. The highest BCUT2D eigenvalue weighted by Gasteiger charge is 2.17. The monoisotopic (exact) mass is 288 g/mol. The number of carbonyl (C=O) groups is 2. The van der Waals surface area contributed by atoms with E-state index in [0.29, 0.717) is 17.2 Å². The first-order valence-corrected chi connectivity index (χ1v) is 6.45. The first-order chi connectivity index (χ1) is 10.1. The minimum atomic E-state index is -0.993. The number of anilines is 1. The molecule has 3 N–H and O–H groups in total. The lowest BCUT2D eigenvalue weighted by Gasteiger charge is -2.09. The van der Waals surface area contributed by atoms with Gasteiger partial charge in [-0.2, -0.15) is 0 Å². The Balaban J connectivity index is 1.82. The predicted molar refractivity (Wildman–Crippen MR) is 76.5 cm³/mol. The number of aliphatic hydroxyl groups is 1. The van der Waals surface area contributed by atoms with Crippen molar-refractivity contribution in [2.24, 2.45) is 0 Å². The number of para-hydroxylation sites is 1. The molecule has 0 aliphatic rings. The van der Waals surface area contributed by atoms with E-state index in [2.05, 4.69) is 10.6 Å². The van der Waals surface area contributed by atoms with Gasteiger partial charge in [0.2, 0.25) is 0 Å². The minimum Gasteiger partial charge on any atom is -0.464 e. The number of benzene rings is 1. The second-order valence-electron chi connectivity index (χ2n) is 4.49. The molecular weight excluding hydrogens is 272 g/mol. The van der Waals surface area contributed by atoms with Gasteiger partial charge >= 0.3 is 11.8 Å². The number of rotatable bonds is 4. The lowest BCUT2D eigenvalue weighted by molar-refractivity contribution is -0.136. The van der Waals surface area contributed by atoms with Crippen LogP contribution >= 0.6 is 0 Å². The number of hydrogen-bond donors (Lipinski definition) is 3. The Kier molecular flexibility index (Phi) is 4.73. The number of furan rings is 1. The fourth-order valence-corrected chi connectivity index (χ4v) is 1.71. The van der Waals surface area contributed by atoms with Gasteiger partial charge in [0.1, 0.15) is 17.6 Å². The molecule has 0 saturated carbocycles. The minimum absolute atomic E-state index is 0.103. The van der Waals surface area contributed by atoms with Crippen molar-refractivity contribution in [1.29, 1.82) is 0 Å². The standard InChI is InChI=1S/C15H16N2O4/c1-10-7-8-13(21-10)12(18)9-16-14(19)15(20)17-11-5-3-2-4-6-11/h2-8,12,18H,9H2,1H3,(H,16,19)(H,17,20)/t12-/m0/s1. The molecule has 0 fully saturated rings. The zero-order valence-corrected chi connectivity index (χ0v) is 11.5. The molecule has 0 unspecified atom stereocenters. The maximum atomic E-state index is 11.6. The van der Waals surface area contributed by atoms with Gasteiger partial charge in [0.25, 0.3) is 0 Å². The first kappa shape index (κ1) is 14.8. The Labute approximate surface area is 121 Å². The summed E-state index contributed by atoms with van der Waals surface area (Å²) in [5.74, 6) is -0.598. The Morgan fingerprint density at radius 3 is 2.48 bits per heavy atom. The lowest BCUT2D eigenvalue weighted by atomic mass is 10.2. The molecule has 1 heterocycles. The van der Waals surface area contributed by atoms with E-state index in [9.17, 15) is 14.7 Å². The fraction of sp³-hybridized carbons (Fsp3) is 0.200. The maximum Gasteiger partial charge on any atom is 0.313 e. The fourth-order valence-electron chi connectivity index (χ4n) is 1.71. The number of aliphatic hydroxyl groups excluding tert-OH is 1. The molecule has 1 aromatic heterocycles. The molecule has 1 atom stereocenters. The van der Waals surface area contributed by atoms with E-state index in [1.54, 1.807) is 49.4 Å². The summed E-state index contributed by atoms with van der Waals surface area (Å²) in [7, 11) is 0. The topological polar surface area (TPSA) is 91.6 Å². The summed E-state index contributed by atoms with van der Waals surface area (Å²) < 4.78 is 5.23. The van der Waals surface area contributed by atoms with Gasteiger partial charge in [-0.1, -0.05) is 18.2 Å². The van der Waals surface area contributed by atoms with Gasteiger partial charge in [-0.3, -0.25) is 9.59 Å². The molecule has 2 aromatic rings. The summed E-state index contributed by atoms with van der Waals surface area (Å²) in [5, 5.41) is 14.6. The Bertz CT molecular complexity index is 622. The molecule has 0 aliphatic heterocycles. The van der Waals surface area contributed by atoms with Gasteiger partial charge < -0.3 is 20.2 Å². The van der Waals surface area contributed by atoms with E-state index in [1.165, 1.54) is 0 Å². The van der Waals surface area contributed by atoms with Crippen LogP contribution in [0.2, 0.25) is 0 Å². The van der Waals surface area contributed by atoms with Crippen LogP contribution in [0.25, 0.3) is 0 Å². The number of hydrogen-bond acceptors (Lipinski definition) is 4. The van der Waals surface area contributed by atoms with Crippen LogP contribution in [0.1, 0.15) is 17.6 Å². The van der Waals surface area contributed by atoms with Gasteiger partial charge in [-0.15, -0.1) is 0 Å². The second kappa shape index (κ2) is 6.71. The SMILES string of the molecule is Cc1ccc([C@@H](O)CNC(=O)C(=O)Nc2ccccc2)o1. The Morgan fingerprint density at radius 1 is 1.14 bits per heavy atom. The van der Waals surface area contributed by atoms with Crippen LogP contribution in [0.4, 0.5) is 5.69 Å². The zero-order chi connectivity index (χ0) is 15.2. The van der Waals surface area contributed by atoms with Crippen molar-refractivity contribution < 1.29 is 19.1 Å². The number of nitrogens with one attached hydrogen (secondary N) is 2. The average Bonchev–Trinajstić information content (AvgIpc) is 2.92. The quantitative estimate of drug-likeness (QED) is 0.741. The van der Waals surface area contributed by atoms with Crippen molar-refractivity contribution in [3.8, 4) is 0 Å². The van der Waals surface area contributed by atoms with Gasteiger partial charge in [0.05, 0.1) is 6.54 Å². The molecule has 110 valence electrons. The molecule has 6 nitrogen and oxygen atoms in total. The average molecular weight is 288 g/mol. The van der Waals surface area contributed by atoms with Crippen molar-refractivity contribution in [3.63, 3.8) is 0 Å². The third-order valence-corrected chi connectivity index (χ3v) is 2.78. The summed E-state index contributed by atoms with van der Waals surface area (Å²) >= 11 is 0. The van der Waals surface area contributed by atoms with Crippen LogP contribution in [0.5, 0.6) is 0 Å². The van der Waals surface area contributed by atoms with E-state index in [4.69, 9.17) is 4.42 Å². The van der Waals surface area contributed by atoms with Gasteiger partial charge in [-0.05, 0) is 31.2 Å². The summed E-state index contributed by atoms with van der Waals surface area (Å²) in [4.78, 5) is 23.3. The van der Waals surface area contributed by atoms with Crippen LogP contribution in [-0.2, 0) is 9.59 Å². The maximum absolute atomic E-state index is 11.6. The molecule has 2 rings (SSSR count). The number of amides is 2. The molecule has 0 saturated heterocycles. The molecule has 21 heavy (non-hydrogen) atoms. The van der Waals surface area contributed by atoms with E-state index in [0.717, 1.165) is 0 Å². The molecule has 2 amide bonds. The van der Waals surface area contributed by atoms with E-state index in [1.807, 2.05) is 0 Å². The van der Waals surface area contributed by atoms with Crippen LogP contribution in [0.3, 0.4) is 0 Å². The second-order valence-corrected chi connectivity index (χ2v) is 4.49. The van der Waals surface area contributed by atoms with E-state index in [-0.39, 0.29) is 6.54 Å². The molecule has 0 radical (unpaired) electrons. The van der Waals surface area contributed by atoms with Gasteiger partial charge in [0.15, 0.2) is 0 Å². The normalized spacial score (nSPS) is 11.7. The Morgan fingerprint density at radius 2 is 1.86 bits per heavy atom.